The summed E-state index contributed by atoms with van der Waals surface area (Å²) in [5, 5.41) is 16.4. The summed E-state index contributed by atoms with van der Waals surface area (Å²) in [5.74, 6) is -0.128. The lowest BCUT2D eigenvalue weighted by atomic mass is 10.1. The summed E-state index contributed by atoms with van der Waals surface area (Å²) in [4.78, 5) is 29.1. The number of aryl methyl sites for hydroxylation is 1. The van der Waals surface area contributed by atoms with E-state index in [0.29, 0.717) is 30.8 Å². The van der Waals surface area contributed by atoms with Gasteiger partial charge in [0.2, 0.25) is 11.7 Å². The topological polar surface area (TPSA) is 118 Å². The molecule has 9 nitrogen and oxygen atoms in total. The van der Waals surface area contributed by atoms with E-state index in [1.54, 1.807) is 10.9 Å². The van der Waals surface area contributed by atoms with Crippen molar-refractivity contribution in [1.29, 1.82) is 0 Å². The van der Waals surface area contributed by atoms with Crippen molar-refractivity contribution in [2.24, 2.45) is 7.05 Å². The maximum Gasteiger partial charge on any atom is 0.291 e. The van der Waals surface area contributed by atoms with Gasteiger partial charge < -0.3 is 10.6 Å². The zero-order chi connectivity index (χ0) is 18.8. The van der Waals surface area contributed by atoms with Crippen LogP contribution in [-0.2, 0) is 24.7 Å². The first-order chi connectivity index (χ1) is 13.1. The standard InChI is InChI=1S/C18H19N7O2/c1-25-14-8-7-12(17(26)21-13(14)10-19-25)20-18(27)16-22-15(23-24-16)9-11-5-3-2-4-6-11/h2-6,10,12H,7-9H2,1H3,(H,20,27)(H,21,26)(H,22,23,24)/t12-/m1/s1. The lowest BCUT2D eigenvalue weighted by Gasteiger charge is -2.13. The van der Waals surface area contributed by atoms with E-state index in [1.165, 1.54) is 0 Å². The SMILES string of the molecule is Cn1ncc2c1CC[C@@H](NC(=O)c1n[nH]c(Cc3ccccc3)n1)C(=O)N2. The molecule has 3 N–H and O–H groups in total. The lowest BCUT2D eigenvalue weighted by molar-refractivity contribution is -0.118. The second kappa shape index (κ2) is 7.02. The molecule has 2 aromatic heterocycles. The van der Waals surface area contributed by atoms with Gasteiger partial charge in [-0.1, -0.05) is 30.3 Å². The number of hydrogen-bond donors (Lipinski definition) is 3. The molecule has 3 aromatic rings. The van der Waals surface area contributed by atoms with Gasteiger partial charge in [0.05, 0.1) is 17.6 Å². The zero-order valence-electron chi connectivity index (χ0n) is 14.8. The number of benzene rings is 1. The first-order valence-corrected chi connectivity index (χ1v) is 8.68. The van der Waals surface area contributed by atoms with E-state index in [9.17, 15) is 9.59 Å². The number of carbonyl (C=O) groups excluding carboxylic acids is 2. The second-order valence-corrected chi connectivity index (χ2v) is 6.45. The van der Waals surface area contributed by atoms with Crippen molar-refractivity contribution < 1.29 is 9.59 Å². The van der Waals surface area contributed by atoms with Crippen LogP contribution in [0.25, 0.3) is 0 Å². The van der Waals surface area contributed by atoms with E-state index in [1.807, 2.05) is 37.4 Å². The van der Waals surface area contributed by atoms with E-state index in [2.05, 4.69) is 30.9 Å². The van der Waals surface area contributed by atoms with Crippen LogP contribution in [-0.4, -0.2) is 42.8 Å². The van der Waals surface area contributed by atoms with Crippen LogP contribution in [0, 0.1) is 0 Å². The van der Waals surface area contributed by atoms with Gasteiger partial charge in [0.1, 0.15) is 11.9 Å². The lowest BCUT2D eigenvalue weighted by Crippen LogP contribution is -2.43. The maximum atomic E-state index is 12.5. The van der Waals surface area contributed by atoms with Crippen LogP contribution in [0.2, 0.25) is 0 Å². The van der Waals surface area contributed by atoms with Crippen LogP contribution in [0.15, 0.2) is 36.5 Å². The fourth-order valence-electron chi connectivity index (χ4n) is 3.12. The minimum Gasteiger partial charge on any atom is -0.337 e. The van der Waals surface area contributed by atoms with Gasteiger partial charge in [-0.15, -0.1) is 5.10 Å². The molecular weight excluding hydrogens is 346 g/mol. The van der Waals surface area contributed by atoms with Crippen molar-refractivity contribution in [3.05, 3.63) is 59.4 Å². The third-order valence-corrected chi connectivity index (χ3v) is 4.56. The minimum absolute atomic E-state index is 0.0251. The highest BCUT2D eigenvalue weighted by molar-refractivity contribution is 6.00. The van der Waals surface area contributed by atoms with Crippen LogP contribution in [0.3, 0.4) is 0 Å². The van der Waals surface area contributed by atoms with Crippen molar-refractivity contribution in [2.45, 2.75) is 25.3 Å². The molecule has 0 bridgehead atoms. The predicted octanol–water partition coefficient (Wildman–Crippen LogP) is 0.812. The Morgan fingerprint density at radius 2 is 2.15 bits per heavy atom. The summed E-state index contributed by atoms with van der Waals surface area (Å²) >= 11 is 0. The van der Waals surface area contributed by atoms with Crippen molar-refractivity contribution >= 4 is 17.5 Å². The van der Waals surface area contributed by atoms with Crippen LogP contribution in [0.5, 0.6) is 0 Å². The van der Waals surface area contributed by atoms with Crippen LogP contribution in [0.1, 0.15) is 34.1 Å². The fourth-order valence-corrected chi connectivity index (χ4v) is 3.12. The summed E-state index contributed by atoms with van der Waals surface area (Å²) in [6.07, 6.45) is 3.27. The summed E-state index contributed by atoms with van der Waals surface area (Å²) in [6, 6.07) is 9.13. The van der Waals surface area contributed by atoms with Crippen LogP contribution in [0.4, 0.5) is 5.69 Å². The molecule has 1 aromatic carbocycles. The first-order valence-electron chi connectivity index (χ1n) is 8.68. The number of aromatic amines is 1. The molecular formula is C18H19N7O2. The Morgan fingerprint density at radius 3 is 2.96 bits per heavy atom. The van der Waals surface area contributed by atoms with Gasteiger partial charge in [-0.3, -0.25) is 19.4 Å². The average molecular weight is 365 g/mol. The molecule has 0 unspecified atom stereocenters. The second-order valence-electron chi connectivity index (χ2n) is 6.45. The number of nitrogens with one attached hydrogen (secondary N) is 3. The molecule has 0 fully saturated rings. The molecule has 4 rings (SSSR count). The molecule has 0 radical (unpaired) electrons. The third kappa shape index (κ3) is 3.57. The summed E-state index contributed by atoms with van der Waals surface area (Å²) < 4.78 is 1.73. The van der Waals surface area contributed by atoms with E-state index in [-0.39, 0.29) is 11.7 Å². The summed E-state index contributed by atoms with van der Waals surface area (Å²) in [7, 11) is 1.83. The van der Waals surface area contributed by atoms with Gasteiger partial charge in [0.15, 0.2) is 0 Å². The molecule has 3 heterocycles. The highest BCUT2D eigenvalue weighted by atomic mass is 16.2. The summed E-state index contributed by atoms with van der Waals surface area (Å²) in [5.41, 5.74) is 2.68. The Balaban J connectivity index is 1.41. The molecule has 0 spiro atoms. The molecule has 0 aliphatic carbocycles. The Labute approximate surface area is 155 Å². The van der Waals surface area contributed by atoms with E-state index < -0.39 is 11.9 Å². The number of rotatable bonds is 4. The van der Waals surface area contributed by atoms with Crippen molar-refractivity contribution in [3.8, 4) is 0 Å². The molecule has 138 valence electrons. The monoisotopic (exact) mass is 365 g/mol. The molecule has 9 heteroatoms. The number of H-pyrrole nitrogens is 1. The predicted molar refractivity (Wildman–Crippen MR) is 97.0 cm³/mol. The smallest absolute Gasteiger partial charge is 0.291 e. The van der Waals surface area contributed by atoms with E-state index in [0.717, 1.165) is 11.3 Å². The molecule has 27 heavy (non-hydrogen) atoms. The van der Waals surface area contributed by atoms with Crippen LogP contribution >= 0.6 is 0 Å². The van der Waals surface area contributed by atoms with Gasteiger partial charge in [-0.05, 0) is 18.4 Å². The number of anilines is 1. The number of hydrogen-bond acceptors (Lipinski definition) is 5. The van der Waals surface area contributed by atoms with E-state index in [4.69, 9.17) is 0 Å². The van der Waals surface area contributed by atoms with Crippen molar-refractivity contribution in [2.75, 3.05) is 5.32 Å². The average Bonchev–Trinajstić information content (AvgIpc) is 3.22. The number of nitrogens with zero attached hydrogens (tertiary/aromatic N) is 4. The van der Waals surface area contributed by atoms with Gasteiger partial charge >= 0.3 is 0 Å². The van der Waals surface area contributed by atoms with Gasteiger partial charge in [0.25, 0.3) is 5.91 Å². The number of aromatic nitrogens is 5. The molecule has 0 saturated carbocycles. The number of carbonyl (C=O) groups is 2. The molecule has 1 aliphatic rings. The largest absolute Gasteiger partial charge is 0.337 e. The quantitative estimate of drug-likeness (QED) is 0.632. The molecule has 0 saturated heterocycles. The Kier molecular flexibility index (Phi) is 4.41. The van der Waals surface area contributed by atoms with Crippen molar-refractivity contribution in [3.63, 3.8) is 0 Å². The normalized spacial score (nSPS) is 16.3. The zero-order valence-corrected chi connectivity index (χ0v) is 14.8. The highest BCUT2D eigenvalue weighted by Crippen LogP contribution is 2.21. The number of fused-ring (bicyclic) bond motifs is 1. The molecule has 2 amide bonds. The maximum absolute atomic E-state index is 12.5. The minimum atomic E-state index is -0.652. The Morgan fingerprint density at radius 1 is 1.33 bits per heavy atom. The van der Waals surface area contributed by atoms with Crippen LogP contribution < -0.4 is 10.6 Å². The molecule has 1 aliphatic heterocycles. The Hall–Kier alpha value is -3.49. The van der Waals surface area contributed by atoms with Crippen molar-refractivity contribution in [1.82, 2.24) is 30.3 Å². The third-order valence-electron chi connectivity index (χ3n) is 4.56. The van der Waals surface area contributed by atoms with Gasteiger partial charge in [-0.25, -0.2) is 4.98 Å². The Bertz CT molecular complexity index is 977. The highest BCUT2D eigenvalue weighted by Gasteiger charge is 2.28. The number of amides is 2. The van der Waals surface area contributed by atoms with Gasteiger partial charge in [0, 0.05) is 13.5 Å². The molecule has 1 atom stereocenters. The fraction of sp³-hybridized carbons (Fsp3) is 0.278. The van der Waals surface area contributed by atoms with E-state index >= 15 is 0 Å². The summed E-state index contributed by atoms with van der Waals surface area (Å²) in [6.45, 7) is 0. The van der Waals surface area contributed by atoms with Gasteiger partial charge in [-0.2, -0.15) is 5.10 Å². The first kappa shape index (κ1) is 17.0.